The maximum absolute atomic E-state index is 8.64. The molecule has 5 aliphatic rings. The maximum Gasteiger partial charge on any atom is 0.201 e. The maximum atomic E-state index is 8.64. The molecule has 0 radical (unpaired) electrons. The largest absolute Gasteiger partial charge is 0.394 e. The average molecular weight is 461 g/mol. The van der Waals surface area contributed by atoms with Crippen molar-refractivity contribution in [1.29, 1.82) is 0 Å². The van der Waals surface area contributed by atoms with Gasteiger partial charge in [-0.2, -0.15) is 0 Å². The first-order chi connectivity index (χ1) is 15.5. The molecule has 4 heterocycles. The fraction of sp³-hybridized carbons (Fsp3) is 1.00. The molecule has 1 N–H and O–H groups in total. The van der Waals surface area contributed by atoms with Crippen molar-refractivity contribution in [3.05, 3.63) is 0 Å². The molecule has 2 bridgehead atoms. The molecule has 0 aromatic carbocycles. The van der Waals surface area contributed by atoms with E-state index in [2.05, 4.69) is 13.8 Å². The summed E-state index contributed by atoms with van der Waals surface area (Å²) in [4.78, 5) is 12.0. The summed E-state index contributed by atoms with van der Waals surface area (Å²) in [5.74, 6) is 0.563. The van der Waals surface area contributed by atoms with Gasteiger partial charge in [0.2, 0.25) is 5.79 Å². The highest BCUT2D eigenvalue weighted by Gasteiger charge is 2.69. The minimum absolute atomic E-state index is 0.0286. The van der Waals surface area contributed by atoms with Crippen LogP contribution in [0.3, 0.4) is 0 Å². The molecular formula is C23H40O9. The summed E-state index contributed by atoms with van der Waals surface area (Å²) in [5, 5.41) is 8.64. The van der Waals surface area contributed by atoms with Crippen LogP contribution in [0.2, 0.25) is 0 Å². The molecule has 5 fully saturated rings. The molecule has 5 rings (SSSR count). The van der Waals surface area contributed by atoms with Gasteiger partial charge in [0.15, 0.2) is 18.2 Å². The lowest BCUT2D eigenvalue weighted by Gasteiger charge is -2.60. The number of hydrogen-bond donors (Lipinski definition) is 1. The molecule has 0 aromatic rings. The zero-order chi connectivity index (χ0) is 22.6. The second kappa shape index (κ2) is 10.9. The number of hydrogen-bond acceptors (Lipinski definition) is 9. The molecule has 8 atom stereocenters. The summed E-state index contributed by atoms with van der Waals surface area (Å²) in [6.07, 6.45) is 3.22. The predicted molar refractivity (Wildman–Crippen MR) is 112 cm³/mol. The number of fused-ring (bicyclic) bond motifs is 2. The monoisotopic (exact) mass is 460 g/mol. The van der Waals surface area contributed by atoms with E-state index in [0.717, 1.165) is 19.3 Å². The van der Waals surface area contributed by atoms with Crippen LogP contribution < -0.4 is 0 Å². The summed E-state index contributed by atoms with van der Waals surface area (Å²) in [5.41, 5.74) is -0.554. The zero-order valence-electron chi connectivity index (χ0n) is 19.7. The third kappa shape index (κ3) is 5.01. The summed E-state index contributed by atoms with van der Waals surface area (Å²) in [6.45, 7) is 9.65. The Kier molecular flexibility index (Phi) is 8.45. The quantitative estimate of drug-likeness (QED) is 0.348. The van der Waals surface area contributed by atoms with Gasteiger partial charge in [-0.3, -0.25) is 0 Å². The normalized spacial score (nSPS) is 43.1. The van der Waals surface area contributed by atoms with Crippen molar-refractivity contribution < 1.29 is 43.3 Å². The van der Waals surface area contributed by atoms with Crippen LogP contribution in [-0.2, 0) is 38.2 Å². The van der Waals surface area contributed by atoms with Gasteiger partial charge < -0.3 is 33.5 Å². The third-order valence-electron chi connectivity index (χ3n) is 7.59. The fourth-order valence-corrected chi connectivity index (χ4v) is 5.89. The van der Waals surface area contributed by atoms with Crippen LogP contribution in [0.25, 0.3) is 0 Å². The topological polar surface area (TPSA) is 94.1 Å². The van der Waals surface area contributed by atoms with Gasteiger partial charge in [-0.25, -0.2) is 9.78 Å². The van der Waals surface area contributed by atoms with Gasteiger partial charge in [0.25, 0.3) is 0 Å². The van der Waals surface area contributed by atoms with Crippen LogP contribution in [0, 0.1) is 23.7 Å². The Bertz CT molecular complexity index is 592. The third-order valence-corrected chi connectivity index (χ3v) is 7.59. The Hall–Kier alpha value is -0.360. The SMILES string of the molecule is C[C@H]1[C@@H](OCCOCCOCCOCCO)O[C@@H]2O[C@]3(C)CC[C@H]4[C@H](C)CC[C@@H]1[C@@]24OO3. The number of aliphatic hydroxyl groups excluding tert-OH is 1. The van der Waals surface area contributed by atoms with Crippen molar-refractivity contribution in [3.63, 3.8) is 0 Å². The Labute approximate surface area is 190 Å². The first kappa shape index (κ1) is 24.8. The highest BCUT2D eigenvalue weighted by Crippen LogP contribution is 2.60. The van der Waals surface area contributed by atoms with E-state index in [4.69, 9.17) is 43.3 Å². The highest BCUT2D eigenvalue weighted by molar-refractivity contribution is 5.09. The van der Waals surface area contributed by atoms with Gasteiger partial charge in [0.1, 0.15) is 0 Å². The van der Waals surface area contributed by atoms with Crippen LogP contribution in [0.1, 0.15) is 46.5 Å². The minimum Gasteiger partial charge on any atom is -0.394 e. The van der Waals surface area contributed by atoms with Crippen LogP contribution in [0.15, 0.2) is 0 Å². The second-order valence-corrected chi connectivity index (χ2v) is 9.71. The summed E-state index contributed by atoms with van der Waals surface area (Å²) < 4.78 is 35.0. The Morgan fingerprint density at radius 3 is 2.25 bits per heavy atom. The van der Waals surface area contributed by atoms with Crippen molar-refractivity contribution in [2.75, 3.05) is 52.9 Å². The van der Waals surface area contributed by atoms with E-state index in [1.165, 1.54) is 6.42 Å². The van der Waals surface area contributed by atoms with E-state index in [1.54, 1.807) is 0 Å². The van der Waals surface area contributed by atoms with E-state index < -0.39 is 17.7 Å². The van der Waals surface area contributed by atoms with Crippen LogP contribution in [-0.4, -0.2) is 81.9 Å². The van der Waals surface area contributed by atoms with Gasteiger partial charge in [0.05, 0.1) is 52.9 Å². The number of ether oxygens (including phenoxy) is 6. The van der Waals surface area contributed by atoms with Gasteiger partial charge in [-0.1, -0.05) is 13.8 Å². The molecule has 0 amide bonds. The molecule has 9 nitrogen and oxygen atoms in total. The molecule has 1 aliphatic carbocycles. The van der Waals surface area contributed by atoms with Gasteiger partial charge >= 0.3 is 0 Å². The lowest BCUT2D eigenvalue weighted by atomic mass is 9.58. The summed E-state index contributed by atoms with van der Waals surface area (Å²) in [6, 6.07) is 0. The molecule has 0 aromatic heterocycles. The van der Waals surface area contributed by atoms with E-state index >= 15 is 0 Å². The lowest BCUT2D eigenvalue weighted by molar-refractivity contribution is -0.577. The van der Waals surface area contributed by atoms with Gasteiger partial charge in [0, 0.05) is 18.3 Å². The molecule has 0 unspecified atom stereocenters. The molecule has 4 aliphatic heterocycles. The van der Waals surface area contributed by atoms with Crippen molar-refractivity contribution in [1.82, 2.24) is 0 Å². The average Bonchev–Trinajstić information content (AvgIpc) is 3.01. The lowest BCUT2D eigenvalue weighted by Crippen LogP contribution is -2.70. The van der Waals surface area contributed by atoms with Crippen LogP contribution in [0.5, 0.6) is 0 Å². The highest BCUT2D eigenvalue weighted by atomic mass is 17.3. The van der Waals surface area contributed by atoms with E-state index in [9.17, 15) is 0 Å². The fourth-order valence-electron chi connectivity index (χ4n) is 5.89. The van der Waals surface area contributed by atoms with Crippen LogP contribution in [0.4, 0.5) is 0 Å². The van der Waals surface area contributed by atoms with E-state index in [1.807, 2.05) is 6.92 Å². The summed E-state index contributed by atoms with van der Waals surface area (Å²) >= 11 is 0. The number of rotatable bonds is 12. The minimum atomic E-state index is -0.769. The van der Waals surface area contributed by atoms with E-state index in [-0.39, 0.29) is 24.7 Å². The molecule has 4 saturated heterocycles. The molecule has 1 spiro atoms. The van der Waals surface area contributed by atoms with Gasteiger partial charge in [-0.15, -0.1) is 0 Å². The second-order valence-electron chi connectivity index (χ2n) is 9.71. The Morgan fingerprint density at radius 1 is 0.844 bits per heavy atom. The van der Waals surface area contributed by atoms with Crippen molar-refractivity contribution in [3.8, 4) is 0 Å². The van der Waals surface area contributed by atoms with E-state index in [0.29, 0.717) is 58.1 Å². The standard InChI is InChI=1S/C23H40O9/c1-16-4-5-19-17(2)20(28-15-14-27-13-12-26-11-10-25-9-8-24)29-21-23(19)18(16)6-7-22(3,30-21)31-32-23/h16-21,24H,4-15H2,1-3H3/t16-,17-,18+,19+,20+,21-,22+,23-/m1/s1. The Morgan fingerprint density at radius 2 is 1.53 bits per heavy atom. The van der Waals surface area contributed by atoms with Crippen molar-refractivity contribution in [2.24, 2.45) is 23.7 Å². The van der Waals surface area contributed by atoms with Crippen LogP contribution >= 0.6 is 0 Å². The molecule has 186 valence electrons. The first-order valence-electron chi connectivity index (χ1n) is 12.2. The zero-order valence-corrected chi connectivity index (χ0v) is 19.7. The smallest absolute Gasteiger partial charge is 0.201 e. The predicted octanol–water partition coefficient (Wildman–Crippen LogP) is 2.25. The van der Waals surface area contributed by atoms with Crippen molar-refractivity contribution >= 4 is 0 Å². The number of aliphatic hydroxyl groups is 1. The summed E-state index contributed by atoms with van der Waals surface area (Å²) in [7, 11) is 0. The molecular weight excluding hydrogens is 420 g/mol. The first-order valence-corrected chi connectivity index (χ1v) is 12.2. The van der Waals surface area contributed by atoms with Crippen molar-refractivity contribution in [2.45, 2.75) is 70.4 Å². The molecule has 32 heavy (non-hydrogen) atoms. The Balaban J connectivity index is 1.23. The molecule has 9 heteroatoms. The molecule has 1 saturated carbocycles. The van der Waals surface area contributed by atoms with Gasteiger partial charge in [-0.05, 0) is 38.0 Å².